The van der Waals surface area contributed by atoms with Gasteiger partial charge in [-0.3, -0.25) is 4.98 Å². The van der Waals surface area contributed by atoms with Gasteiger partial charge in [-0.05, 0) is 174 Å². The van der Waals surface area contributed by atoms with Crippen LogP contribution >= 0.6 is 0 Å². The summed E-state index contributed by atoms with van der Waals surface area (Å²) in [6, 6.07) is 137. The SMILES string of the molecule is N#Cc1c(-n2c3ccccc3c3cc(-c4ccccc4)ccc32)c(-n2c3ccccc3c3cc(-c4ccccc4)ccc32)c(-c2ccc3c(c2)-c2cnccc2C32c3ccccc3-c3ccccc32)c(-n2c3ccccc3c3cc(-c4ccccc4)ccc32)c1-n1c2ccccc2c2cc(-c3ccccc3)ccc21. The van der Waals surface area contributed by atoms with Crippen molar-refractivity contribution < 1.29 is 0 Å². The van der Waals surface area contributed by atoms with E-state index in [1.165, 1.54) is 33.4 Å². The van der Waals surface area contributed by atoms with Crippen LogP contribution in [0.25, 0.3) is 188 Å². The van der Waals surface area contributed by atoms with Gasteiger partial charge in [-0.15, -0.1) is 0 Å². The van der Waals surface area contributed by atoms with Gasteiger partial charge in [-0.1, -0.05) is 279 Å². The number of pyridine rings is 1. The Morgan fingerprint density at radius 1 is 0.229 bits per heavy atom. The second-order valence-electron chi connectivity index (χ2n) is 29.1. The average Bonchev–Trinajstić information content (AvgIpc) is 1.53. The van der Waals surface area contributed by atoms with E-state index in [1.807, 2.05) is 6.20 Å². The number of fused-ring (bicyclic) bond motifs is 22. The van der Waals surface area contributed by atoms with E-state index < -0.39 is 5.41 Å². The monoisotopic (exact) mass is 1380 g/mol. The molecule has 5 aromatic heterocycles. The van der Waals surface area contributed by atoms with Crippen LogP contribution in [0.5, 0.6) is 0 Å². The topological polar surface area (TPSA) is 56.4 Å². The van der Waals surface area contributed by atoms with Crippen molar-refractivity contribution in [2.75, 3.05) is 0 Å². The van der Waals surface area contributed by atoms with E-state index in [1.54, 1.807) is 0 Å². The fourth-order valence-corrected chi connectivity index (χ4v) is 19.2. The normalized spacial score (nSPS) is 12.7. The van der Waals surface area contributed by atoms with Gasteiger partial charge in [-0.2, -0.15) is 5.26 Å². The summed E-state index contributed by atoms with van der Waals surface area (Å²) in [7, 11) is 0. The van der Waals surface area contributed by atoms with Crippen molar-refractivity contribution in [2.24, 2.45) is 0 Å². The van der Waals surface area contributed by atoms with Crippen molar-refractivity contribution in [3.05, 3.63) is 404 Å². The molecule has 2 aliphatic carbocycles. The van der Waals surface area contributed by atoms with Crippen LogP contribution in [0.3, 0.4) is 0 Å². The molecule has 21 aromatic rings. The van der Waals surface area contributed by atoms with Crippen LogP contribution in [-0.2, 0) is 5.41 Å². The van der Waals surface area contributed by atoms with Crippen LogP contribution in [0.1, 0.15) is 27.8 Å². The van der Waals surface area contributed by atoms with Gasteiger partial charge in [-0.25, -0.2) is 0 Å². The molecule has 504 valence electrons. The van der Waals surface area contributed by atoms with Crippen LogP contribution in [0.2, 0.25) is 0 Å². The fourth-order valence-electron chi connectivity index (χ4n) is 19.2. The van der Waals surface area contributed by atoms with E-state index in [0.29, 0.717) is 5.56 Å². The molecule has 109 heavy (non-hydrogen) atoms. The first kappa shape index (κ1) is 60.7. The van der Waals surface area contributed by atoms with E-state index in [4.69, 9.17) is 4.98 Å². The van der Waals surface area contributed by atoms with Crippen LogP contribution < -0.4 is 0 Å². The number of rotatable bonds is 9. The zero-order valence-corrected chi connectivity index (χ0v) is 59.0. The largest absolute Gasteiger partial charge is 0.306 e. The molecule has 6 heteroatoms. The summed E-state index contributed by atoms with van der Waals surface area (Å²) >= 11 is 0. The molecule has 0 unspecified atom stereocenters. The Hall–Kier alpha value is -14.6. The lowest BCUT2D eigenvalue weighted by atomic mass is 9.70. The quantitative estimate of drug-likeness (QED) is 0.145. The molecule has 2 aliphatic rings. The lowest BCUT2D eigenvalue weighted by molar-refractivity contribution is 0.792. The molecule has 1 spiro atoms. The predicted molar refractivity (Wildman–Crippen MR) is 450 cm³/mol. The Morgan fingerprint density at radius 2 is 0.532 bits per heavy atom. The first-order valence-electron chi connectivity index (χ1n) is 37.4. The molecule has 0 radical (unpaired) electrons. The summed E-state index contributed by atoms with van der Waals surface area (Å²) < 4.78 is 9.97. The third kappa shape index (κ3) is 8.58. The molecule has 23 rings (SSSR count). The zero-order chi connectivity index (χ0) is 71.6. The van der Waals surface area contributed by atoms with E-state index in [2.05, 4.69) is 395 Å². The van der Waals surface area contributed by atoms with Gasteiger partial charge in [0.15, 0.2) is 0 Å². The second-order valence-corrected chi connectivity index (χ2v) is 29.1. The van der Waals surface area contributed by atoms with Crippen LogP contribution in [0.4, 0.5) is 0 Å². The van der Waals surface area contributed by atoms with Gasteiger partial charge in [0.2, 0.25) is 0 Å². The van der Waals surface area contributed by atoms with Crippen LogP contribution in [0, 0.1) is 11.3 Å². The van der Waals surface area contributed by atoms with Gasteiger partial charge in [0.1, 0.15) is 11.6 Å². The number of hydrogen-bond donors (Lipinski definition) is 0. The number of aromatic nitrogens is 5. The fraction of sp³-hybridized carbons (Fsp3) is 0.00971. The molecule has 0 saturated carbocycles. The molecule has 0 saturated heterocycles. The highest BCUT2D eigenvalue weighted by Crippen LogP contribution is 2.64. The first-order valence-corrected chi connectivity index (χ1v) is 37.4. The third-order valence-electron chi connectivity index (χ3n) is 23.7. The highest BCUT2D eigenvalue weighted by Gasteiger charge is 2.52. The molecule has 0 amide bonds. The highest BCUT2D eigenvalue weighted by molar-refractivity contribution is 6.19. The maximum absolute atomic E-state index is 13.8. The number of para-hydroxylation sites is 4. The highest BCUT2D eigenvalue weighted by atomic mass is 15.1. The van der Waals surface area contributed by atoms with Crippen LogP contribution in [-0.4, -0.2) is 23.3 Å². The van der Waals surface area contributed by atoms with E-state index >= 15 is 0 Å². The van der Waals surface area contributed by atoms with E-state index in [-0.39, 0.29) is 0 Å². The smallest absolute Gasteiger partial charge is 0.104 e. The maximum Gasteiger partial charge on any atom is 0.104 e. The van der Waals surface area contributed by atoms with E-state index in [9.17, 15) is 5.26 Å². The molecule has 0 fully saturated rings. The first-order chi connectivity index (χ1) is 54.1. The summed E-state index contributed by atoms with van der Waals surface area (Å²) in [5, 5.41) is 22.4. The molecule has 0 aliphatic heterocycles. The Labute approximate surface area is 628 Å². The summed E-state index contributed by atoms with van der Waals surface area (Å²) in [4.78, 5) is 5.07. The van der Waals surface area contributed by atoms with Crippen LogP contribution in [0.15, 0.2) is 376 Å². The minimum absolute atomic E-state index is 0.492. The average molecular weight is 1380 g/mol. The van der Waals surface area contributed by atoms with Crippen molar-refractivity contribution in [1.82, 2.24) is 23.3 Å². The van der Waals surface area contributed by atoms with Gasteiger partial charge in [0.25, 0.3) is 0 Å². The minimum Gasteiger partial charge on any atom is -0.306 e. The molecule has 6 nitrogen and oxygen atoms in total. The van der Waals surface area contributed by atoms with Gasteiger partial charge < -0.3 is 18.3 Å². The minimum atomic E-state index is -0.665. The molecular formula is C103H62N6. The molecule has 0 N–H and O–H groups in total. The number of nitrogens with zero attached hydrogens (tertiary/aromatic N) is 6. The van der Waals surface area contributed by atoms with E-state index in [0.717, 1.165) is 177 Å². The number of benzene rings is 16. The van der Waals surface area contributed by atoms with Gasteiger partial charge in [0, 0.05) is 66.6 Å². The summed E-state index contributed by atoms with van der Waals surface area (Å²) in [6.45, 7) is 0. The van der Waals surface area contributed by atoms with Crippen molar-refractivity contribution in [1.29, 1.82) is 5.26 Å². The van der Waals surface area contributed by atoms with Crippen molar-refractivity contribution >= 4 is 87.2 Å². The second kappa shape index (κ2) is 23.4. The number of nitriles is 1. The predicted octanol–water partition coefficient (Wildman–Crippen LogP) is 26.0. The van der Waals surface area contributed by atoms with Gasteiger partial charge >= 0.3 is 0 Å². The van der Waals surface area contributed by atoms with Gasteiger partial charge in [0.05, 0.1) is 72.3 Å². The molecule has 5 heterocycles. The Bertz CT molecular complexity index is 7090. The molecule has 0 atom stereocenters. The third-order valence-corrected chi connectivity index (χ3v) is 23.7. The molecule has 0 bridgehead atoms. The van der Waals surface area contributed by atoms with Crippen molar-refractivity contribution in [3.8, 4) is 107 Å². The van der Waals surface area contributed by atoms with Crippen molar-refractivity contribution in [2.45, 2.75) is 5.41 Å². The molecule has 16 aromatic carbocycles. The number of hydrogen-bond acceptors (Lipinski definition) is 2. The maximum atomic E-state index is 13.8. The lowest BCUT2D eigenvalue weighted by Gasteiger charge is -2.31. The molecular weight excluding hydrogens is 1320 g/mol. The Balaban J connectivity index is 0.981. The Morgan fingerprint density at radius 3 is 0.908 bits per heavy atom. The zero-order valence-electron chi connectivity index (χ0n) is 59.0. The van der Waals surface area contributed by atoms with Crippen molar-refractivity contribution in [3.63, 3.8) is 0 Å². The summed E-state index contributed by atoms with van der Waals surface area (Å²) in [6.07, 6.45) is 4.08. The lowest BCUT2D eigenvalue weighted by Crippen LogP contribution is -2.25. The standard InChI is InChI=1S/C103H62N6/c104-62-84-99(106-90-41-21-15-35-75(90)80-57-68(46-51-94(80)106)64-25-5-1-6-26-64)101(108-92-43-23-17-37-77(92)82-59-70(48-53-96(82)108)66-29-9-3-10-30-66)98(72-45-50-88-79(61-72)85-63-105-56-55-89(85)103(88)86-39-19-13-33-73(86)74-34-14-20-40-87(74)103)102(109-93-44-24-18-38-78(93)83-60-71(49-54-97(83)109)67-31-11-4-12-32-67)100(84)107-91-42-22-16-36-76(91)81-58-69(47-52-95(81)107)65-27-7-2-8-28-65/h1-61,63H. The summed E-state index contributed by atoms with van der Waals surface area (Å²) in [5.41, 5.74) is 31.2. The summed E-state index contributed by atoms with van der Waals surface area (Å²) in [5.74, 6) is 0. The Kier molecular flexibility index (Phi) is 13.1.